The van der Waals surface area contributed by atoms with Crippen molar-refractivity contribution in [3.63, 3.8) is 0 Å². The Kier molecular flexibility index (Phi) is 11.0. The first-order chi connectivity index (χ1) is 17.9. The van der Waals surface area contributed by atoms with Crippen LogP contribution < -0.4 is 4.74 Å². The van der Waals surface area contributed by atoms with Gasteiger partial charge in [0.05, 0.1) is 18.6 Å². The number of amides is 1. The Bertz CT molecular complexity index is 1010. The maximum Gasteiger partial charge on any atom is 0.248 e. The minimum absolute atomic E-state index is 0.0144. The molecule has 0 N–H and O–H groups in total. The molecule has 0 radical (unpaired) electrons. The van der Waals surface area contributed by atoms with Crippen LogP contribution in [0.4, 0.5) is 0 Å². The molecular weight excluding hydrogens is 504 g/mol. The summed E-state index contributed by atoms with van der Waals surface area (Å²) in [6.07, 6.45) is 1.51. The minimum atomic E-state index is -3.68. The zero-order valence-corrected chi connectivity index (χ0v) is 25.2. The van der Waals surface area contributed by atoms with Crippen LogP contribution in [0, 0.1) is 13.8 Å². The number of ether oxygens (including phenoxy) is 2. The van der Waals surface area contributed by atoms with Crippen molar-refractivity contribution < 1.29 is 22.7 Å². The summed E-state index contributed by atoms with van der Waals surface area (Å²) in [4.78, 5) is 19.9. The first-order valence-electron chi connectivity index (χ1n) is 14.0. The fourth-order valence-electron chi connectivity index (χ4n) is 5.81. The number of benzene rings is 1. The Morgan fingerprint density at radius 3 is 2.18 bits per heavy atom. The van der Waals surface area contributed by atoms with E-state index in [0.717, 1.165) is 39.0 Å². The predicted molar refractivity (Wildman–Crippen MR) is 150 cm³/mol. The van der Waals surface area contributed by atoms with Gasteiger partial charge in [-0.1, -0.05) is 0 Å². The molecule has 0 unspecified atom stereocenters. The zero-order chi connectivity index (χ0) is 28.0. The molecule has 2 aliphatic heterocycles. The van der Waals surface area contributed by atoms with Crippen LogP contribution in [0.1, 0.15) is 51.7 Å². The first-order valence-corrected chi connectivity index (χ1v) is 15.4. The van der Waals surface area contributed by atoms with Crippen molar-refractivity contribution in [2.75, 3.05) is 66.1 Å². The number of rotatable bonds is 12. The summed E-state index contributed by atoms with van der Waals surface area (Å²) in [5.41, 5.74) is 1.34. The van der Waals surface area contributed by atoms with Crippen LogP contribution in [0.3, 0.4) is 0 Å². The number of piperazine rings is 1. The molecule has 38 heavy (non-hydrogen) atoms. The second kappa shape index (κ2) is 13.6. The number of hydrogen-bond donors (Lipinski definition) is 0. The fraction of sp³-hybridized carbons (Fsp3) is 0.750. The Hall–Kier alpha value is -1.72. The summed E-state index contributed by atoms with van der Waals surface area (Å²) < 4.78 is 39.8. The third kappa shape index (κ3) is 7.47. The molecule has 2 heterocycles. The minimum Gasteiger partial charge on any atom is -0.497 e. The molecule has 2 fully saturated rings. The highest BCUT2D eigenvalue weighted by Crippen LogP contribution is 2.32. The average Bonchev–Trinajstić information content (AvgIpc) is 3.33. The van der Waals surface area contributed by atoms with E-state index in [0.29, 0.717) is 53.5 Å². The number of carbonyl (C=O) groups excluding carboxylic acids is 1. The summed E-state index contributed by atoms with van der Waals surface area (Å²) in [6, 6.07) is 4.28. The highest BCUT2D eigenvalue weighted by Gasteiger charge is 2.37. The van der Waals surface area contributed by atoms with Crippen molar-refractivity contribution >= 4 is 15.9 Å². The van der Waals surface area contributed by atoms with Crippen molar-refractivity contribution in [3.8, 4) is 5.75 Å². The average molecular weight is 553 g/mol. The number of nitrogens with zero attached hydrogens (tertiary/aromatic N) is 4. The van der Waals surface area contributed by atoms with Gasteiger partial charge in [0.25, 0.3) is 0 Å². The van der Waals surface area contributed by atoms with Crippen LogP contribution in [0.2, 0.25) is 0 Å². The monoisotopic (exact) mass is 552 g/mol. The molecule has 2 aliphatic rings. The summed E-state index contributed by atoms with van der Waals surface area (Å²) >= 11 is 0. The molecule has 2 saturated heterocycles. The lowest BCUT2D eigenvalue weighted by atomic mass is 10.1. The van der Waals surface area contributed by atoms with Gasteiger partial charge in [0, 0.05) is 63.9 Å². The van der Waals surface area contributed by atoms with Gasteiger partial charge in [0.1, 0.15) is 12.4 Å². The Labute approximate surface area is 230 Å². The van der Waals surface area contributed by atoms with Crippen molar-refractivity contribution in [1.82, 2.24) is 19.0 Å². The van der Waals surface area contributed by atoms with Crippen LogP contribution in [0.5, 0.6) is 5.75 Å². The van der Waals surface area contributed by atoms with Crippen molar-refractivity contribution in [2.24, 2.45) is 0 Å². The Balaban J connectivity index is 1.48. The molecule has 216 valence electrons. The molecule has 1 aromatic rings. The van der Waals surface area contributed by atoms with E-state index >= 15 is 0 Å². The lowest BCUT2D eigenvalue weighted by Gasteiger charge is -2.37. The SMILES string of the molecule is COc1cc(C)c(S(=O)(=O)N2CCC[C@H]2COCC(=O)N2CCN(CCN(C(C)C)C(C)C)CC2)c(C)c1. The molecule has 0 saturated carbocycles. The van der Waals surface area contributed by atoms with E-state index in [1.54, 1.807) is 37.4 Å². The second-order valence-electron chi connectivity index (χ2n) is 11.2. The van der Waals surface area contributed by atoms with Crippen molar-refractivity contribution in [1.29, 1.82) is 0 Å². The van der Waals surface area contributed by atoms with Crippen LogP contribution in [-0.4, -0.2) is 118 Å². The van der Waals surface area contributed by atoms with Gasteiger partial charge in [-0.2, -0.15) is 4.31 Å². The molecule has 9 nitrogen and oxygen atoms in total. The Morgan fingerprint density at radius 2 is 1.63 bits per heavy atom. The van der Waals surface area contributed by atoms with Crippen molar-refractivity contribution in [3.05, 3.63) is 23.3 Å². The summed E-state index contributed by atoms with van der Waals surface area (Å²) in [5.74, 6) is 0.623. The molecule has 3 rings (SSSR count). The second-order valence-corrected chi connectivity index (χ2v) is 13.0. The van der Waals surface area contributed by atoms with Crippen molar-refractivity contribution in [2.45, 2.75) is 77.4 Å². The molecule has 0 aliphatic carbocycles. The van der Waals surface area contributed by atoms with Gasteiger partial charge < -0.3 is 14.4 Å². The predicted octanol–water partition coefficient (Wildman–Crippen LogP) is 2.74. The van der Waals surface area contributed by atoms with Gasteiger partial charge in [-0.15, -0.1) is 0 Å². The molecule has 1 aromatic carbocycles. The van der Waals surface area contributed by atoms with E-state index in [4.69, 9.17) is 9.47 Å². The molecule has 1 amide bonds. The standard InChI is InChI=1S/C28H48N4O5S/c1-21(2)31(22(3)4)16-13-29-11-14-30(15-12-29)27(33)20-37-19-25-9-8-10-32(25)38(34,35)28-23(5)17-26(36-7)18-24(28)6/h17-18,21-22,25H,8-16,19-20H2,1-7H3/t25-/m0/s1. The van der Waals surface area contributed by atoms with E-state index in [1.807, 2.05) is 4.90 Å². The van der Waals surface area contributed by atoms with E-state index < -0.39 is 10.0 Å². The van der Waals surface area contributed by atoms with Crippen LogP contribution in [0.15, 0.2) is 17.0 Å². The maximum atomic E-state index is 13.6. The lowest BCUT2D eigenvalue weighted by molar-refractivity contribution is -0.138. The summed E-state index contributed by atoms with van der Waals surface area (Å²) in [6.45, 7) is 18.4. The molecule has 0 aromatic heterocycles. The number of hydrogen-bond acceptors (Lipinski definition) is 7. The smallest absolute Gasteiger partial charge is 0.248 e. The summed E-state index contributed by atoms with van der Waals surface area (Å²) in [5, 5.41) is 0. The van der Waals surface area contributed by atoms with Crippen LogP contribution in [0.25, 0.3) is 0 Å². The Morgan fingerprint density at radius 1 is 1.03 bits per heavy atom. The summed E-state index contributed by atoms with van der Waals surface area (Å²) in [7, 11) is -2.11. The van der Waals surface area contributed by atoms with E-state index in [1.165, 1.54) is 0 Å². The quantitative estimate of drug-likeness (QED) is 0.394. The first kappa shape index (κ1) is 30.8. The molecule has 0 spiro atoms. The van der Waals surface area contributed by atoms with Crippen LogP contribution in [-0.2, 0) is 19.6 Å². The third-order valence-electron chi connectivity index (χ3n) is 7.82. The molecular formula is C28H48N4O5S. The van der Waals surface area contributed by atoms with Gasteiger partial charge >= 0.3 is 0 Å². The zero-order valence-electron chi connectivity index (χ0n) is 24.4. The van der Waals surface area contributed by atoms with Gasteiger partial charge in [0.15, 0.2) is 0 Å². The van der Waals surface area contributed by atoms with Crippen LogP contribution >= 0.6 is 0 Å². The largest absolute Gasteiger partial charge is 0.497 e. The van der Waals surface area contributed by atoms with Gasteiger partial charge in [-0.05, 0) is 77.6 Å². The third-order valence-corrected chi connectivity index (χ3v) is 10.1. The normalized spacial score (nSPS) is 19.7. The maximum absolute atomic E-state index is 13.6. The topological polar surface area (TPSA) is 82.6 Å². The van der Waals surface area contributed by atoms with E-state index in [2.05, 4.69) is 37.5 Å². The highest BCUT2D eigenvalue weighted by molar-refractivity contribution is 7.89. The number of sulfonamides is 1. The van der Waals surface area contributed by atoms with Gasteiger partial charge in [0.2, 0.25) is 15.9 Å². The number of aryl methyl sites for hydroxylation is 2. The number of carbonyl (C=O) groups is 1. The van der Waals surface area contributed by atoms with E-state index in [9.17, 15) is 13.2 Å². The molecule has 0 bridgehead atoms. The van der Waals surface area contributed by atoms with Gasteiger partial charge in [-0.25, -0.2) is 8.42 Å². The van der Waals surface area contributed by atoms with E-state index in [-0.39, 0.29) is 25.2 Å². The fourth-order valence-corrected chi connectivity index (χ4v) is 7.90. The van der Waals surface area contributed by atoms with Gasteiger partial charge in [-0.3, -0.25) is 14.6 Å². The highest BCUT2D eigenvalue weighted by atomic mass is 32.2. The molecule has 1 atom stereocenters. The molecule has 10 heteroatoms. The number of methoxy groups -OCH3 is 1. The lowest BCUT2D eigenvalue weighted by Crippen LogP contribution is -2.52.